The molecule has 8 heteroatoms. The minimum atomic E-state index is -0.125. The second-order valence-corrected chi connectivity index (χ2v) is 10.4. The predicted octanol–water partition coefficient (Wildman–Crippen LogP) is 3.56. The molecule has 0 unspecified atom stereocenters. The highest BCUT2D eigenvalue weighted by atomic mass is 16.5. The van der Waals surface area contributed by atoms with E-state index in [-0.39, 0.29) is 17.7 Å². The molecule has 2 aromatic heterocycles. The van der Waals surface area contributed by atoms with Gasteiger partial charge in [0.25, 0.3) is 0 Å². The van der Waals surface area contributed by atoms with Crippen LogP contribution in [-0.2, 0) is 28.0 Å². The van der Waals surface area contributed by atoms with Crippen LogP contribution in [0.3, 0.4) is 0 Å². The summed E-state index contributed by atoms with van der Waals surface area (Å²) in [5, 5.41) is 0.613. The molecule has 2 fully saturated rings. The summed E-state index contributed by atoms with van der Waals surface area (Å²) in [6.45, 7) is 5.28. The number of anilines is 1. The topological polar surface area (TPSA) is 95.5 Å². The molecule has 3 heterocycles. The molecule has 3 aromatic rings. The Morgan fingerprint density at radius 3 is 2.49 bits per heavy atom. The molecule has 0 spiro atoms. The summed E-state index contributed by atoms with van der Waals surface area (Å²) in [5.41, 5.74) is 10.2. The van der Waals surface area contributed by atoms with E-state index in [9.17, 15) is 4.79 Å². The predicted molar refractivity (Wildman–Crippen MR) is 143 cm³/mol. The van der Waals surface area contributed by atoms with Crippen LogP contribution in [0.2, 0.25) is 0 Å². The van der Waals surface area contributed by atoms with Crippen LogP contribution in [0, 0.1) is 11.8 Å². The molecule has 8 nitrogen and oxygen atoms in total. The summed E-state index contributed by atoms with van der Waals surface area (Å²) in [7, 11) is 3.45. The van der Waals surface area contributed by atoms with Crippen molar-refractivity contribution in [3.63, 3.8) is 0 Å². The fourth-order valence-electron chi connectivity index (χ4n) is 5.19. The lowest BCUT2D eigenvalue weighted by Gasteiger charge is -2.29. The zero-order valence-corrected chi connectivity index (χ0v) is 21.9. The van der Waals surface area contributed by atoms with Crippen LogP contribution in [0.15, 0.2) is 30.6 Å². The Morgan fingerprint density at radius 2 is 1.84 bits per heavy atom. The van der Waals surface area contributed by atoms with E-state index in [1.165, 1.54) is 6.33 Å². The molecule has 0 bridgehead atoms. The van der Waals surface area contributed by atoms with E-state index in [4.69, 9.17) is 15.2 Å². The molecule has 0 radical (unpaired) electrons. The Kier molecular flexibility index (Phi) is 7.29. The van der Waals surface area contributed by atoms with E-state index in [2.05, 4.69) is 38.2 Å². The molecule has 194 valence electrons. The minimum Gasteiger partial charge on any atom is -0.383 e. The van der Waals surface area contributed by atoms with E-state index >= 15 is 0 Å². The fourth-order valence-corrected chi connectivity index (χ4v) is 5.19. The summed E-state index contributed by atoms with van der Waals surface area (Å²) in [6.07, 6.45) is 6.08. The van der Waals surface area contributed by atoms with Crippen LogP contribution < -0.4 is 5.73 Å². The van der Waals surface area contributed by atoms with Gasteiger partial charge in [-0.15, -0.1) is 0 Å². The molecule has 1 aliphatic carbocycles. The van der Waals surface area contributed by atoms with Gasteiger partial charge in [-0.2, -0.15) is 0 Å². The highest BCUT2D eigenvalue weighted by Gasteiger charge is 2.43. The van der Waals surface area contributed by atoms with E-state index in [0.717, 1.165) is 49.9 Å². The smallest absolute Gasteiger partial charge is 0.170 e. The number of hydrogen-bond acceptors (Lipinski definition) is 7. The first-order valence-corrected chi connectivity index (χ1v) is 12.9. The van der Waals surface area contributed by atoms with Crippen molar-refractivity contribution < 1.29 is 14.3 Å². The number of ether oxygens (including phenoxy) is 2. The first-order chi connectivity index (χ1) is 17.9. The SMILES string of the molecule is COCc1ccc(CC(=O)c2c(C#CCN3CCC(OC)CC3)n(C3(C)CC3)c3ncnc(N)c23)cc1. The van der Waals surface area contributed by atoms with Crippen molar-refractivity contribution in [2.45, 2.75) is 57.3 Å². The highest BCUT2D eigenvalue weighted by Crippen LogP contribution is 2.47. The molecule has 37 heavy (non-hydrogen) atoms. The van der Waals surface area contributed by atoms with Crippen LogP contribution >= 0.6 is 0 Å². The Balaban J connectivity index is 1.51. The Bertz CT molecular complexity index is 1340. The Hall–Kier alpha value is -3.25. The van der Waals surface area contributed by atoms with Crippen molar-refractivity contribution in [3.8, 4) is 11.8 Å². The summed E-state index contributed by atoms with van der Waals surface area (Å²) < 4.78 is 12.8. The number of carbonyl (C=O) groups excluding carboxylic acids is 1. The average Bonchev–Trinajstić information content (AvgIpc) is 3.54. The van der Waals surface area contributed by atoms with Gasteiger partial charge in [-0.3, -0.25) is 9.69 Å². The summed E-state index contributed by atoms with van der Waals surface area (Å²) in [5.74, 6) is 7.04. The molecular weight excluding hydrogens is 466 g/mol. The molecule has 1 aromatic carbocycles. The highest BCUT2D eigenvalue weighted by molar-refractivity contribution is 6.13. The van der Waals surface area contributed by atoms with E-state index < -0.39 is 0 Å². The van der Waals surface area contributed by atoms with Crippen LogP contribution in [0.1, 0.15) is 59.8 Å². The number of nitrogen functional groups attached to an aromatic ring is 1. The number of methoxy groups -OCH3 is 2. The zero-order chi connectivity index (χ0) is 26.0. The maximum absolute atomic E-state index is 13.9. The second-order valence-electron chi connectivity index (χ2n) is 10.4. The first kappa shape index (κ1) is 25.4. The van der Waals surface area contributed by atoms with Crippen molar-refractivity contribution in [3.05, 3.63) is 53.0 Å². The Labute approximate surface area is 218 Å². The van der Waals surface area contributed by atoms with Gasteiger partial charge in [0.1, 0.15) is 23.5 Å². The number of Topliss-reactive ketones (excluding diaryl/α,β-unsaturated/α-hetero) is 1. The number of rotatable bonds is 8. The number of likely N-dealkylation sites (tertiary alicyclic amines) is 1. The van der Waals surface area contributed by atoms with Gasteiger partial charge in [-0.1, -0.05) is 30.2 Å². The molecule has 1 aliphatic heterocycles. The maximum Gasteiger partial charge on any atom is 0.170 e. The molecule has 1 saturated heterocycles. The lowest BCUT2D eigenvalue weighted by molar-refractivity contribution is 0.0450. The van der Waals surface area contributed by atoms with Gasteiger partial charge in [-0.25, -0.2) is 9.97 Å². The van der Waals surface area contributed by atoms with Crippen molar-refractivity contribution >= 4 is 22.6 Å². The monoisotopic (exact) mass is 501 g/mol. The van der Waals surface area contributed by atoms with E-state index in [1.807, 2.05) is 24.3 Å². The molecule has 2 aliphatic rings. The second kappa shape index (κ2) is 10.6. The van der Waals surface area contributed by atoms with Crippen LogP contribution in [0.4, 0.5) is 5.82 Å². The van der Waals surface area contributed by atoms with Crippen LogP contribution in [-0.4, -0.2) is 65.2 Å². The fraction of sp³-hybridized carbons (Fsp3) is 0.483. The van der Waals surface area contributed by atoms with Crippen molar-refractivity contribution in [2.75, 3.05) is 39.6 Å². The number of carbonyl (C=O) groups is 1. The van der Waals surface area contributed by atoms with Crippen molar-refractivity contribution in [1.29, 1.82) is 0 Å². The van der Waals surface area contributed by atoms with E-state index in [0.29, 0.717) is 47.4 Å². The number of ketones is 1. The summed E-state index contributed by atoms with van der Waals surface area (Å²) in [6, 6.07) is 7.93. The molecule has 2 N–H and O–H groups in total. The van der Waals surface area contributed by atoms with Gasteiger partial charge in [0.15, 0.2) is 5.78 Å². The molecule has 0 atom stereocenters. The maximum atomic E-state index is 13.9. The van der Waals surface area contributed by atoms with Crippen molar-refractivity contribution in [1.82, 2.24) is 19.4 Å². The third-order valence-electron chi connectivity index (χ3n) is 7.65. The molecule has 0 amide bonds. The molecular formula is C29H35N5O3. The minimum absolute atomic E-state index is 0.0285. The van der Waals surface area contributed by atoms with Gasteiger partial charge in [0.2, 0.25) is 0 Å². The van der Waals surface area contributed by atoms with Gasteiger partial charge in [0.05, 0.1) is 30.2 Å². The first-order valence-electron chi connectivity index (χ1n) is 12.9. The number of benzene rings is 1. The number of piperidine rings is 1. The summed E-state index contributed by atoms with van der Waals surface area (Å²) >= 11 is 0. The van der Waals surface area contributed by atoms with Gasteiger partial charge >= 0.3 is 0 Å². The number of fused-ring (bicyclic) bond motifs is 1. The Morgan fingerprint density at radius 1 is 1.14 bits per heavy atom. The van der Waals surface area contributed by atoms with Gasteiger partial charge < -0.3 is 19.8 Å². The number of nitrogens with two attached hydrogens (primary N) is 1. The zero-order valence-electron chi connectivity index (χ0n) is 21.9. The summed E-state index contributed by atoms with van der Waals surface area (Å²) in [4.78, 5) is 25.0. The lowest BCUT2D eigenvalue weighted by atomic mass is 10.00. The number of hydrogen-bond donors (Lipinski definition) is 1. The largest absolute Gasteiger partial charge is 0.383 e. The van der Waals surface area contributed by atoms with Crippen LogP contribution in [0.25, 0.3) is 11.0 Å². The average molecular weight is 502 g/mol. The van der Waals surface area contributed by atoms with E-state index in [1.54, 1.807) is 14.2 Å². The number of nitrogens with zero attached hydrogens (tertiary/aromatic N) is 4. The third kappa shape index (κ3) is 5.26. The van der Waals surface area contributed by atoms with Gasteiger partial charge in [-0.05, 0) is 49.7 Å². The molecule has 5 rings (SSSR count). The molecule has 1 saturated carbocycles. The van der Waals surface area contributed by atoms with Crippen LogP contribution in [0.5, 0.6) is 0 Å². The number of aromatic nitrogens is 3. The van der Waals surface area contributed by atoms with Gasteiger partial charge in [0, 0.05) is 39.3 Å². The standard InChI is InChI=1S/C29H35N5O3/c1-29(12-13-29)34-23(5-4-14-33-15-10-22(37-3)11-16-33)25(26-27(30)31-19-32-28(26)34)24(35)17-20-6-8-21(9-7-20)18-36-2/h6-9,19,22H,10-18H2,1-3H3,(H2,30,31,32). The lowest BCUT2D eigenvalue weighted by Crippen LogP contribution is -2.36. The third-order valence-corrected chi connectivity index (χ3v) is 7.65. The quantitative estimate of drug-likeness (QED) is 0.372. The normalized spacial score (nSPS) is 17.5. The van der Waals surface area contributed by atoms with Crippen molar-refractivity contribution in [2.24, 2.45) is 0 Å².